The Morgan fingerprint density at radius 2 is 1.47 bits per heavy atom. The van der Waals surface area contributed by atoms with Gasteiger partial charge in [-0.2, -0.15) is 0 Å². The lowest BCUT2D eigenvalue weighted by Gasteiger charge is -2.47. The van der Waals surface area contributed by atoms with Gasteiger partial charge in [0.2, 0.25) is 0 Å². The van der Waals surface area contributed by atoms with E-state index >= 15 is 0 Å². The Hall–Kier alpha value is -5.46. The van der Waals surface area contributed by atoms with Crippen LogP contribution in [0.5, 0.6) is 17.2 Å². The van der Waals surface area contributed by atoms with Gasteiger partial charge in [0.05, 0.1) is 19.1 Å². The highest BCUT2D eigenvalue weighted by Gasteiger charge is 2.51. The summed E-state index contributed by atoms with van der Waals surface area (Å²) in [7, 11) is 7.62. The molecule has 59 heavy (non-hydrogen) atoms. The number of carbonyl (C=O) groups is 1. The summed E-state index contributed by atoms with van der Waals surface area (Å²) in [6.45, 7) is 6.95. The van der Waals surface area contributed by atoms with Crippen LogP contribution < -0.4 is 19.1 Å². The SMILES string of the molecule is CCC1(CC)CCC2(CC1)c1ccccc1-c1c2c2c(c3cc(OC)c(Sc4ccc(N(C)C)cc4C)cc13)OC(c1ccc(C=O)cc1)(c1ccc(OC)cc1)C=C2. The summed E-state index contributed by atoms with van der Waals surface area (Å²) in [6.07, 6.45) is 12.4. The number of carbonyl (C=O) groups excluding carboxylic acids is 1. The van der Waals surface area contributed by atoms with Gasteiger partial charge < -0.3 is 19.1 Å². The fourth-order valence-corrected chi connectivity index (χ4v) is 11.4. The summed E-state index contributed by atoms with van der Waals surface area (Å²) >= 11 is 1.76. The maximum atomic E-state index is 11.8. The monoisotopic (exact) mass is 799 g/mol. The van der Waals surface area contributed by atoms with E-state index in [9.17, 15) is 4.79 Å². The number of benzene rings is 6. The standard InChI is InChI=1S/C53H53NO4S/c1-8-51(9-2)26-28-52(29-27-51)44-13-11-10-12-40(44)48-42-32-47(59-46-23-20-38(54(4)5)30-34(46)3)45(57-7)31-43(42)50-41(49(48)52)24-25-53(58-50,36-16-14-35(33-55)15-17-36)37-18-21-39(56-6)22-19-37/h10-25,30-33H,8-9,26-29H2,1-7H3. The van der Waals surface area contributed by atoms with E-state index in [-0.39, 0.29) is 5.41 Å². The van der Waals surface area contributed by atoms with Crippen LogP contribution in [0.25, 0.3) is 28.0 Å². The fourth-order valence-electron chi connectivity index (χ4n) is 10.4. The van der Waals surface area contributed by atoms with E-state index in [4.69, 9.17) is 14.2 Å². The van der Waals surface area contributed by atoms with Gasteiger partial charge in [0, 0.05) is 57.7 Å². The van der Waals surface area contributed by atoms with Crippen molar-refractivity contribution in [1.82, 2.24) is 0 Å². The molecule has 0 radical (unpaired) electrons. The molecule has 6 aromatic carbocycles. The molecule has 6 aromatic rings. The molecule has 300 valence electrons. The van der Waals surface area contributed by atoms with E-state index in [0.29, 0.717) is 11.0 Å². The Morgan fingerprint density at radius 3 is 2.10 bits per heavy atom. The van der Waals surface area contributed by atoms with Crippen molar-refractivity contribution in [3.8, 4) is 28.4 Å². The summed E-state index contributed by atoms with van der Waals surface area (Å²) in [5.41, 5.74) is 10.8. The number of rotatable bonds is 10. The minimum Gasteiger partial charge on any atom is -0.497 e. The summed E-state index contributed by atoms with van der Waals surface area (Å²) < 4.78 is 19.6. The van der Waals surface area contributed by atoms with Crippen LogP contribution in [0, 0.1) is 12.3 Å². The lowest BCUT2D eigenvalue weighted by molar-refractivity contribution is 0.112. The van der Waals surface area contributed by atoms with Crippen molar-refractivity contribution in [3.63, 3.8) is 0 Å². The first kappa shape index (κ1) is 39.0. The smallest absolute Gasteiger partial charge is 0.178 e. The van der Waals surface area contributed by atoms with Crippen molar-refractivity contribution in [2.24, 2.45) is 5.41 Å². The Balaban J connectivity index is 1.33. The van der Waals surface area contributed by atoms with Crippen molar-refractivity contribution < 1.29 is 19.0 Å². The van der Waals surface area contributed by atoms with Crippen LogP contribution in [0.15, 0.2) is 119 Å². The summed E-state index contributed by atoms with van der Waals surface area (Å²) in [5.74, 6) is 2.43. The van der Waals surface area contributed by atoms with Gasteiger partial charge in [-0.3, -0.25) is 4.79 Å². The van der Waals surface area contributed by atoms with Gasteiger partial charge in [-0.25, -0.2) is 0 Å². The molecule has 0 bridgehead atoms. The third kappa shape index (κ3) is 6.17. The lowest BCUT2D eigenvalue weighted by Crippen LogP contribution is -2.38. The van der Waals surface area contributed by atoms with Gasteiger partial charge >= 0.3 is 0 Å². The van der Waals surface area contributed by atoms with Crippen molar-refractivity contribution in [2.75, 3.05) is 33.2 Å². The van der Waals surface area contributed by atoms with E-state index < -0.39 is 5.60 Å². The first-order valence-corrected chi connectivity index (χ1v) is 21.8. The molecule has 1 atom stereocenters. The molecule has 0 amide bonds. The van der Waals surface area contributed by atoms with Crippen molar-refractivity contribution in [1.29, 1.82) is 0 Å². The highest BCUT2D eigenvalue weighted by atomic mass is 32.2. The molecule has 1 saturated carbocycles. The molecular weight excluding hydrogens is 747 g/mol. The van der Waals surface area contributed by atoms with Crippen LogP contribution in [0.3, 0.4) is 0 Å². The summed E-state index contributed by atoms with van der Waals surface area (Å²) in [4.78, 5) is 16.2. The molecule has 2 aliphatic carbocycles. The molecule has 1 heterocycles. The number of anilines is 1. The second-order valence-electron chi connectivity index (χ2n) is 17.0. The summed E-state index contributed by atoms with van der Waals surface area (Å²) in [6, 6.07) is 36.4. The zero-order valence-electron chi connectivity index (χ0n) is 35.3. The molecule has 6 heteroatoms. The third-order valence-corrected chi connectivity index (χ3v) is 15.3. The third-order valence-electron chi connectivity index (χ3n) is 14.1. The average Bonchev–Trinajstić information content (AvgIpc) is 3.56. The first-order valence-electron chi connectivity index (χ1n) is 21.0. The molecule has 1 fully saturated rings. The normalized spacial score (nSPS) is 18.2. The zero-order chi connectivity index (χ0) is 41.1. The van der Waals surface area contributed by atoms with Gasteiger partial charge in [0.15, 0.2) is 5.60 Å². The molecular formula is C53H53NO4S. The Kier molecular flexibility index (Phi) is 9.91. The van der Waals surface area contributed by atoms with E-state index in [0.717, 1.165) is 63.3 Å². The highest BCUT2D eigenvalue weighted by Crippen LogP contribution is 2.65. The largest absolute Gasteiger partial charge is 0.497 e. The molecule has 1 spiro atoms. The van der Waals surface area contributed by atoms with Gasteiger partial charge in [0.25, 0.3) is 0 Å². The van der Waals surface area contributed by atoms with E-state index in [1.807, 2.05) is 36.4 Å². The molecule has 9 rings (SSSR count). The van der Waals surface area contributed by atoms with Crippen LogP contribution in [0.1, 0.15) is 96.1 Å². The fraction of sp³-hybridized carbons (Fsp3) is 0.302. The van der Waals surface area contributed by atoms with Gasteiger partial charge in [-0.15, -0.1) is 0 Å². The number of hydrogen-bond donors (Lipinski definition) is 0. The maximum absolute atomic E-state index is 11.8. The minimum absolute atomic E-state index is 0.150. The van der Waals surface area contributed by atoms with Crippen LogP contribution in [0.2, 0.25) is 0 Å². The van der Waals surface area contributed by atoms with E-state index in [1.54, 1.807) is 26.0 Å². The van der Waals surface area contributed by atoms with Crippen molar-refractivity contribution in [2.45, 2.75) is 80.1 Å². The van der Waals surface area contributed by atoms with Gasteiger partial charge in [0.1, 0.15) is 23.5 Å². The predicted molar refractivity (Wildman–Crippen MR) is 243 cm³/mol. The highest BCUT2D eigenvalue weighted by molar-refractivity contribution is 7.99. The van der Waals surface area contributed by atoms with Crippen LogP contribution >= 0.6 is 11.8 Å². The van der Waals surface area contributed by atoms with E-state index in [1.165, 1.54) is 69.5 Å². The number of hydrogen-bond acceptors (Lipinski definition) is 6. The lowest BCUT2D eigenvalue weighted by atomic mass is 9.58. The molecule has 3 aliphatic rings. The quantitative estimate of drug-likeness (QED) is 0.129. The van der Waals surface area contributed by atoms with Crippen LogP contribution in [-0.4, -0.2) is 34.6 Å². The number of aryl methyl sites for hydroxylation is 1. The second kappa shape index (κ2) is 15.0. The predicted octanol–water partition coefficient (Wildman–Crippen LogP) is 13.2. The number of nitrogens with zero attached hydrogens (tertiary/aromatic N) is 1. The van der Waals surface area contributed by atoms with Crippen molar-refractivity contribution in [3.05, 3.63) is 148 Å². The molecule has 0 N–H and O–H groups in total. The maximum Gasteiger partial charge on any atom is 0.178 e. The molecule has 1 unspecified atom stereocenters. The molecule has 0 saturated heterocycles. The zero-order valence-corrected chi connectivity index (χ0v) is 36.1. The Morgan fingerprint density at radius 1 is 0.780 bits per heavy atom. The Labute approximate surface area is 353 Å². The number of methoxy groups -OCH3 is 2. The number of fused-ring (bicyclic) bond motifs is 10. The first-order chi connectivity index (χ1) is 28.6. The average molecular weight is 800 g/mol. The minimum atomic E-state index is -0.988. The summed E-state index contributed by atoms with van der Waals surface area (Å²) in [5, 5.41) is 2.19. The van der Waals surface area contributed by atoms with Gasteiger partial charge in [-0.05, 0) is 120 Å². The number of ether oxygens (including phenoxy) is 3. The van der Waals surface area contributed by atoms with Crippen molar-refractivity contribution >= 4 is 40.6 Å². The Bertz CT molecular complexity index is 2610. The topological polar surface area (TPSA) is 48.0 Å². The van der Waals surface area contributed by atoms with Crippen LogP contribution in [-0.2, 0) is 11.0 Å². The van der Waals surface area contributed by atoms with Gasteiger partial charge in [-0.1, -0.05) is 105 Å². The molecule has 1 aliphatic heterocycles. The molecule has 5 nitrogen and oxygen atoms in total. The molecule has 0 aromatic heterocycles. The number of aldehydes is 1. The van der Waals surface area contributed by atoms with E-state index in [2.05, 4.69) is 119 Å². The van der Waals surface area contributed by atoms with Crippen LogP contribution in [0.4, 0.5) is 5.69 Å². The second-order valence-corrected chi connectivity index (χ2v) is 18.0.